The normalized spacial score (nSPS) is 23.7. The molecular formula is C14H18FN3O2S. The van der Waals surface area contributed by atoms with Crippen LogP contribution in [0.15, 0.2) is 23.1 Å². The smallest absolute Gasteiger partial charge is 0.244 e. The Balaban J connectivity index is 2.48. The molecule has 2 N–H and O–H groups in total. The van der Waals surface area contributed by atoms with E-state index in [4.69, 9.17) is 11.0 Å². The van der Waals surface area contributed by atoms with Gasteiger partial charge < -0.3 is 5.73 Å². The highest BCUT2D eigenvalue weighted by Gasteiger charge is 2.36. The highest BCUT2D eigenvalue weighted by atomic mass is 32.2. The highest BCUT2D eigenvalue weighted by Crippen LogP contribution is 2.29. The number of nitriles is 1. The third kappa shape index (κ3) is 2.93. The molecule has 2 unspecified atom stereocenters. The Hall–Kier alpha value is -1.49. The molecule has 21 heavy (non-hydrogen) atoms. The quantitative estimate of drug-likeness (QED) is 0.915. The van der Waals surface area contributed by atoms with Gasteiger partial charge in [0.05, 0.1) is 0 Å². The first-order valence-corrected chi connectivity index (χ1v) is 8.26. The molecule has 2 rings (SSSR count). The molecule has 1 heterocycles. The number of hydrogen-bond acceptors (Lipinski definition) is 4. The molecule has 0 aliphatic carbocycles. The third-order valence-electron chi connectivity index (χ3n) is 3.87. The van der Waals surface area contributed by atoms with Crippen LogP contribution in [0, 0.1) is 23.1 Å². The van der Waals surface area contributed by atoms with Crippen LogP contribution < -0.4 is 5.73 Å². The molecule has 7 heteroatoms. The van der Waals surface area contributed by atoms with Crippen LogP contribution in [0.1, 0.15) is 25.3 Å². The van der Waals surface area contributed by atoms with E-state index in [0.717, 1.165) is 12.5 Å². The number of halogens is 1. The summed E-state index contributed by atoms with van der Waals surface area (Å²) in [5.41, 5.74) is 5.25. The van der Waals surface area contributed by atoms with Gasteiger partial charge in [-0.2, -0.15) is 9.57 Å². The Morgan fingerprint density at radius 3 is 2.86 bits per heavy atom. The first kappa shape index (κ1) is 15.9. The van der Waals surface area contributed by atoms with Crippen molar-refractivity contribution in [1.29, 1.82) is 5.26 Å². The fourth-order valence-electron chi connectivity index (χ4n) is 2.71. The molecule has 0 saturated carbocycles. The largest absolute Gasteiger partial charge is 0.329 e. The predicted molar refractivity (Wildman–Crippen MR) is 76.2 cm³/mol. The standard InChI is InChI=1S/C14H18FN3O2S/c1-10-5-6-18(11(7-10)8-16)21(19,20)14-4-2-3-13(15)12(14)9-17/h2-4,10-11H,5-8,16H2,1H3. The third-order valence-corrected chi connectivity index (χ3v) is 5.86. The van der Waals surface area contributed by atoms with Gasteiger partial charge in [-0.25, -0.2) is 12.8 Å². The average Bonchev–Trinajstić information content (AvgIpc) is 2.46. The zero-order valence-corrected chi connectivity index (χ0v) is 12.6. The Morgan fingerprint density at radius 2 is 2.24 bits per heavy atom. The van der Waals surface area contributed by atoms with Crippen molar-refractivity contribution in [3.8, 4) is 6.07 Å². The minimum Gasteiger partial charge on any atom is -0.329 e. The van der Waals surface area contributed by atoms with E-state index in [0.29, 0.717) is 18.9 Å². The molecule has 0 spiro atoms. The summed E-state index contributed by atoms with van der Waals surface area (Å²) >= 11 is 0. The molecule has 1 saturated heterocycles. The van der Waals surface area contributed by atoms with E-state index in [9.17, 15) is 12.8 Å². The van der Waals surface area contributed by atoms with Crippen molar-refractivity contribution >= 4 is 10.0 Å². The lowest BCUT2D eigenvalue weighted by Gasteiger charge is -2.37. The maximum absolute atomic E-state index is 13.7. The van der Waals surface area contributed by atoms with Crippen LogP contribution in [0.25, 0.3) is 0 Å². The van der Waals surface area contributed by atoms with E-state index in [1.165, 1.54) is 16.4 Å². The van der Waals surface area contributed by atoms with Crippen LogP contribution in [0.2, 0.25) is 0 Å². The Kier molecular flexibility index (Phi) is 4.61. The van der Waals surface area contributed by atoms with Gasteiger partial charge in [-0.3, -0.25) is 0 Å². The van der Waals surface area contributed by atoms with Gasteiger partial charge in [0.15, 0.2) is 0 Å². The summed E-state index contributed by atoms with van der Waals surface area (Å²) in [6.07, 6.45) is 1.40. The summed E-state index contributed by atoms with van der Waals surface area (Å²) in [5.74, 6) is -0.429. The topological polar surface area (TPSA) is 87.2 Å². The summed E-state index contributed by atoms with van der Waals surface area (Å²) in [6, 6.07) is 4.97. The van der Waals surface area contributed by atoms with Crippen LogP contribution in [-0.2, 0) is 10.0 Å². The molecule has 1 aromatic rings. The molecule has 0 radical (unpaired) electrons. The Bertz CT molecular complexity index is 669. The summed E-state index contributed by atoms with van der Waals surface area (Å²) in [7, 11) is -3.92. The van der Waals surface area contributed by atoms with Gasteiger partial charge >= 0.3 is 0 Å². The molecule has 0 bridgehead atoms. The number of benzene rings is 1. The van der Waals surface area contributed by atoms with Crippen LogP contribution in [0.3, 0.4) is 0 Å². The van der Waals surface area contributed by atoms with Gasteiger partial charge in [-0.1, -0.05) is 13.0 Å². The van der Waals surface area contributed by atoms with Crippen LogP contribution in [0.4, 0.5) is 4.39 Å². The lowest BCUT2D eigenvalue weighted by Crippen LogP contribution is -2.49. The molecule has 5 nitrogen and oxygen atoms in total. The zero-order chi connectivity index (χ0) is 15.6. The van der Waals surface area contributed by atoms with Crippen LogP contribution in [0.5, 0.6) is 0 Å². The van der Waals surface area contributed by atoms with Gasteiger partial charge in [-0.05, 0) is 30.9 Å². The number of nitrogens with two attached hydrogens (primary N) is 1. The maximum Gasteiger partial charge on any atom is 0.244 e. The van der Waals surface area contributed by atoms with Crippen molar-refractivity contribution in [2.75, 3.05) is 13.1 Å². The minimum atomic E-state index is -3.92. The summed E-state index contributed by atoms with van der Waals surface area (Å²) in [6.45, 7) is 2.60. The summed E-state index contributed by atoms with van der Waals surface area (Å²) < 4.78 is 40.5. The second kappa shape index (κ2) is 6.10. The number of rotatable bonds is 3. The first-order valence-electron chi connectivity index (χ1n) is 6.82. The average molecular weight is 311 g/mol. The van der Waals surface area contributed by atoms with E-state index in [1.807, 2.05) is 0 Å². The van der Waals surface area contributed by atoms with Crippen molar-refractivity contribution in [3.05, 3.63) is 29.6 Å². The Morgan fingerprint density at radius 1 is 1.52 bits per heavy atom. The van der Waals surface area contributed by atoms with Gasteiger partial charge in [-0.15, -0.1) is 0 Å². The van der Waals surface area contributed by atoms with Crippen molar-refractivity contribution in [2.24, 2.45) is 11.7 Å². The van der Waals surface area contributed by atoms with Gasteiger partial charge in [0.1, 0.15) is 22.3 Å². The van der Waals surface area contributed by atoms with Crippen LogP contribution >= 0.6 is 0 Å². The molecule has 114 valence electrons. The number of hydrogen-bond donors (Lipinski definition) is 1. The van der Waals surface area contributed by atoms with E-state index < -0.39 is 21.4 Å². The van der Waals surface area contributed by atoms with Crippen molar-refractivity contribution in [3.63, 3.8) is 0 Å². The number of nitrogens with zero attached hydrogens (tertiary/aromatic N) is 2. The van der Waals surface area contributed by atoms with Gasteiger partial charge in [0, 0.05) is 19.1 Å². The van der Waals surface area contributed by atoms with Gasteiger partial charge in [0.25, 0.3) is 0 Å². The number of sulfonamides is 1. The van der Waals surface area contributed by atoms with Crippen molar-refractivity contribution < 1.29 is 12.8 Å². The fraction of sp³-hybridized carbons (Fsp3) is 0.500. The molecular weight excluding hydrogens is 293 g/mol. The van der Waals surface area contributed by atoms with E-state index in [2.05, 4.69) is 6.92 Å². The number of piperidine rings is 1. The maximum atomic E-state index is 13.7. The molecule has 0 aromatic heterocycles. The molecule has 1 aliphatic heterocycles. The predicted octanol–water partition coefficient (Wildman–Crippen LogP) is 1.45. The SMILES string of the molecule is CC1CCN(S(=O)(=O)c2cccc(F)c2C#N)C(CN)C1. The van der Waals surface area contributed by atoms with Crippen molar-refractivity contribution in [1.82, 2.24) is 4.31 Å². The molecule has 2 atom stereocenters. The second-order valence-corrected chi connectivity index (χ2v) is 7.22. The van der Waals surface area contributed by atoms with E-state index in [1.54, 1.807) is 6.07 Å². The highest BCUT2D eigenvalue weighted by molar-refractivity contribution is 7.89. The van der Waals surface area contributed by atoms with E-state index in [-0.39, 0.29) is 17.5 Å². The van der Waals surface area contributed by atoms with Gasteiger partial charge in [0.2, 0.25) is 10.0 Å². The second-order valence-electron chi connectivity index (χ2n) is 5.36. The summed E-state index contributed by atoms with van der Waals surface area (Å²) in [4.78, 5) is -0.280. The van der Waals surface area contributed by atoms with E-state index >= 15 is 0 Å². The fourth-order valence-corrected chi connectivity index (χ4v) is 4.53. The molecule has 0 amide bonds. The zero-order valence-electron chi connectivity index (χ0n) is 11.8. The monoisotopic (exact) mass is 311 g/mol. The lowest BCUT2D eigenvalue weighted by atomic mass is 9.94. The lowest BCUT2D eigenvalue weighted by molar-refractivity contribution is 0.211. The van der Waals surface area contributed by atoms with Crippen LogP contribution in [-0.4, -0.2) is 31.9 Å². The first-order chi connectivity index (χ1) is 9.91. The summed E-state index contributed by atoms with van der Waals surface area (Å²) in [5, 5.41) is 9.03. The minimum absolute atomic E-state index is 0.209. The molecule has 1 fully saturated rings. The van der Waals surface area contributed by atoms with Crippen molar-refractivity contribution in [2.45, 2.75) is 30.7 Å². The molecule has 1 aliphatic rings. The Labute approximate surface area is 124 Å². The molecule has 1 aromatic carbocycles.